The van der Waals surface area contributed by atoms with E-state index in [1.165, 1.54) is 65.9 Å². The molecule has 13 heteroatoms. The fraction of sp³-hybridized carbons (Fsp3) is 0.220. The number of hydrogen-bond acceptors (Lipinski definition) is 12. The van der Waals surface area contributed by atoms with E-state index in [9.17, 15) is 19.7 Å². The van der Waals surface area contributed by atoms with Crippen molar-refractivity contribution in [3.8, 4) is 51.6 Å². The zero-order valence-electron chi connectivity index (χ0n) is 30.4. The molecule has 0 radical (unpaired) electrons. The third-order valence-corrected chi connectivity index (χ3v) is 8.18. The summed E-state index contributed by atoms with van der Waals surface area (Å²) in [6, 6.07) is 19.8. The number of nitro benzene ring substituents is 1. The maximum atomic E-state index is 14.1. The van der Waals surface area contributed by atoms with Crippen molar-refractivity contribution in [2.45, 2.75) is 12.8 Å². The van der Waals surface area contributed by atoms with E-state index in [4.69, 9.17) is 37.6 Å². The smallest absolute Gasteiger partial charge is 0.270 e. The van der Waals surface area contributed by atoms with Crippen LogP contribution in [-0.4, -0.2) is 59.5 Å². The normalized spacial score (nSPS) is 11.1. The molecule has 5 rings (SSSR count). The van der Waals surface area contributed by atoms with Gasteiger partial charge in [0.2, 0.25) is 16.9 Å². The van der Waals surface area contributed by atoms with Crippen LogP contribution in [0, 0.1) is 10.1 Å². The standard InChI is InChI=1S/C41H39NO12/c1-47-31-24-33(48-2)37-34(25-31)54-39(28-22-35(49-3)40(51-5)36(23-28)50-4)41(38(37)44)53-20-9-8-19-52-32-14-7-6-12-27(32)16-18-30(43)17-15-26-11-10-13-29(21-26)42(45)46/h6-7,10-18,21-25H,8-9,19-20H2,1-5H3/b17-15+,18-16+. The van der Waals surface area contributed by atoms with Crippen LogP contribution in [0.3, 0.4) is 0 Å². The molecule has 1 aromatic heterocycles. The highest BCUT2D eigenvalue weighted by molar-refractivity contribution is 6.04. The van der Waals surface area contributed by atoms with Crippen LogP contribution in [0.25, 0.3) is 34.4 Å². The summed E-state index contributed by atoms with van der Waals surface area (Å²) in [7, 11) is 7.43. The van der Waals surface area contributed by atoms with E-state index in [0.717, 1.165) is 0 Å². The Morgan fingerprint density at radius 2 is 1.41 bits per heavy atom. The minimum atomic E-state index is -0.489. The van der Waals surface area contributed by atoms with Crippen LogP contribution in [0.2, 0.25) is 0 Å². The van der Waals surface area contributed by atoms with Crippen LogP contribution >= 0.6 is 0 Å². The van der Waals surface area contributed by atoms with Crippen molar-refractivity contribution < 1.29 is 47.3 Å². The van der Waals surface area contributed by atoms with Crippen molar-refractivity contribution >= 4 is 34.6 Å². The molecule has 0 aliphatic heterocycles. The van der Waals surface area contributed by atoms with Crippen LogP contribution in [-0.2, 0) is 4.79 Å². The van der Waals surface area contributed by atoms with Gasteiger partial charge in [-0.15, -0.1) is 0 Å². The Morgan fingerprint density at radius 3 is 2.07 bits per heavy atom. The van der Waals surface area contributed by atoms with Gasteiger partial charge < -0.3 is 37.6 Å². The zero-order chi connectivity index (χ0) is 38.6. The molecule has 0 atom stereocenters. The average Bonchev–Trinajstić information content (AvgIpc) is 3.20. The molecular formula is C41H39NO12. The quantitative estimate of drug-likeness (QED) is 0.0371. The molecule has 4 aromatic carbocycles. The van der Waals surface area contributed by atoms with Crippen LogP contribution in [0.1, 0.15) is 24.0 Å². The summed E-state index contributed by atoms with van der Waals surface area (Å²) in [5.41, 5.74) is 1.42. The van der Waals surface area contributed by atoms with Crippen LogP contribution in [0.15, 0.2) is 94.2 Å². The van der Waals surface area contributed by atoms with Crippen LogP contribution < -0.4 is 38.6 Å². The maximum absolute atomic E-state index is 14.1. The number of fused-ring (bicyclic) bond motifs is 1. The van der Waals surface area contributed by atoms with Crippen molar-refractivity contribution in [3.63, 3.8) is 0 Å². The van der Waals surface area contributed by atoms with E-state index >= 15 is 0 Å². The monoisotopic (exact) mass is 737 g/mol. The number of nitro groups is 1. The highest BCUT2D eigenvalue weighted by Crippen LogP contribution is 2.44. The second-order valence-corrected chi connectivity index (χ2v) is 11.6. The minimum absolute atomic E-state index is 0.0270. The molecule has 0 aliphatic rings. The molecule has 0 unspecified atom stereocenters. The van der Waals surface area contributed by atoms with Crippen molar-refractivity contribution in [1.29, 1.82) is 0 Å². The Hall–Kier alpha value is -6.76. The molecule has 280 valence electrons. The lowest BCUT2D eigenvalue weighted by molar-refractivity contribution is -0.384. The number of benzene rings is 4. The summed E-state index contributed by atoms with van der Waals surface area (Å²) in [5.74, 6) is 2.19. The SMILES string of the molecule is COc1cc(OC)c2c(=O)c(OCCCCOc3ccccc3/C=C/C(=O)/C=C/c3cccc([N+](=O)[O-])c3)c(-c3cc(OC)c(OC)c(OC)c3)oc2c1. The molecule has 5 aromatic rings. The van der Waals surface area contributed by atoms with Gasteiger partial charge in [-0.25, -0.2) is 0 Å². The van der Waals surface area contributed by atoms with E-state index in [1.807, 2.05) is 18.2 Å². The summed E-state index contributed by atoms with van der Waals surface area (Å²) >= 11 is 0. The number of ether oxygens (including phenoxy) is 7. The fourth-order valence-corrected chi connectivity index (χ4v) is 5.51. The number of hydrogen-bond donors (Lipinski definition) is 0. The van der Waals surface area contributed by atoms with Crippen molar-refractivity contribution in [3.05, 3.63) is 116 Å². The molecule has 0 bridgehead atoms. The second kappa shape index (κ2) is 18.1. The van der Waals surface area contributed by atoms with E-state index < -0.39 is 10.4 Å². The molecule has 0 amide bonds. The molecule has 54 heavy (non-hydrogen) atoms. The summed E-state index contributed by atoms with van der Waals surface area (Å²) in [4.78, 5) is 37.1. The third kappa shape index (κ3) is 8.99. The number of carbonyl (C=O) groups is 1. The first-order valence-electron chi connectivity index (χ1n) is 16.7. The maximum Gasteiger partial charge on any atom is 0.270 e. The first-order chi connectivity index (χ1) is 26.2. The predicted octanol–water partition coefficient (Wildman–Crippen LogP) is 7.94. The van der Waals surface area contributed by atoms with Gasteiger partial charge in [-0.1, -0.05) is 36.4 Å². The van der Waals surface area contributed by atoms with Gasteiger partial charge >= 0.3 is 0 Å². The van der Waals surface area contributed by atoms with Gasteiger partial charge in [-0.05, 0) is 54.8 Å². The summed E-state index contributed by atoms with van der Waals surface area (Å²) in [5, 5.41) is 11.2. The van der Waals surface area contributed by atoms with E-state index in [1.54, 1.807) is 48.5 Å². The summed E-state index contributed by atoms with van der Waals surface area (Å²) in [6.07, 6.45) is 7.00. The molecule has 0 spiro atoms. The molecule has 1 heterocycles. The summed E-state index contributed by atoms with van der Waals surface area (Å²) in [6.45, 7) is 0.483. The van der Waals surface area contributed by atoms with E-state index in [0.29, 0.717) is 64.9 Å². The highest BCUT2D eigenvalue weighted by atomic mass is 16.6. The van der Waals surface area contributed by atoms with Crippen LogP contribution in [0.4, 0.5) is 5.69 Å². The molecule has 0 aliphatic carbocycles. The number of allylic oxidation sites excluding steroid dienone is 2. The Labute approximate surface area is 311 Å². The number of rotatable bonds is 18. The first kappa shape index (κ1) is 38.5. The van der Waals surface area contributed by atoms with Gasteiger partial charge in [0.1, 0.15) is 28.2 Å². The average molecular weight is 738 g/mol. The Morgan fingerprint density at radius 1 is 0.722 bits per heavy atom. The molecule has 0 fully saturated rings. The molecule has 0 saturated heterocycles. The number of carbonyl (C=O) groups excluding carboxylic acids is 1. The van der Waals surface area contributed by atoms with Gasteiger partial charge in [-0.2, -0.15) is 0 Å². The first-order valence-corrected chi connectivity index (χ1v) is 16.7. The lowest BCUT2D eigenvalue weighted by Crippen LogP contribution is -2.13. The van der Waals surface area contributed by atoms with E-state index in [-0.39, 0.29) is 46.3 Å². The predicted molar refractivity (Wildman–Crippen MR) is 204 cm³/mol. The molecular weight excluding hydrogens is 698 g/mol. The number of para-hydroxylation sites is 1. The van der Waals surface area contributed by atoms with Gasteiger partial charge in [0.15, 0.2) is 23.0 Å². The van der Waals surface area contributed by atoms with E-state index in [2.05, 4.69) is 0 Å². The largest absolute Gasteiger partial charge is 0.496 e. The number of non-ortho nitro benzene ring substituents is 1. The third-order valence-electron chi connectivity index (χ3n) is 8.18. The Kier molecular flexibility index (Phi) is 12.9. The molecule has 0 N–H and O–H groups in total. The molecule has 13 nitrogen and oxygen atoms in total. The second-order valence-electron chi connectivity index (χ2n) is 11.6. The minimum Gasteiger partial charge on any atom is -0.496 e. The number of nitrogens with zero attached hydrogens (tertiary/aromatic N) is 1. The van der Waals surface area contributed by atoms with Crippen molar-refractivity contribution in [1.82, 2.24) is 0 Å². The van der Waals surface area contributed by atoms with Gasteiger partial charge in [0.25, 0.3) is 5.69 Å². The number of ketones is 1. The zero-order valence-corrected chi connectivity index (χ0v) is 30.4. The fourth-order valence-electron chi connectivity index (χ4n) is 5.51. The Balaban J connectivity index is 1.29. The van der Waals surface area contributed by atoms with Gasteiger partial charge in [0.05, 0.1) is 53.7 Å². The number of unbranched alkanes of at least 4 members (excludes halogenated alkanes) is 1. The van der Waals surface area contributed by atoms with Gasteiger partial charge in [-0.3, -0.25) is 19.7 Å². The lowest BCUT2D eigenvalue weighted by Gasteiger charge is -2.17. The number of methoxy groups -OCH3 is 5. The topological polar surface area (TPSA) is 155 Å². The molecule has 0 saturated carbocycles. The van der Waals surface area contributed by atoms with Crippen molar-refractivity contribution in [2.24, 2.45) is 0 Å². The highest BCUT2D eigenvalue weighted by Gasteiger charge is 2.24. The van der Waals surface area contributed by atoms with Crippen molar-refractivity contribution in [2.75, 3.05) is 48.8 Å². The van der Waals surface area contributed by atoms with Gasteiger partial charge in [0, 0.05) is 35.4 Å². The summed E-state index contributed by atoms with van der Waals surface area (Å²) < 4.78 is 46.0. The Bertz CT molecular complexity index is 2230. The van der Waals surface area contributed by atoms with Crippen LogP contribution in [0.5, 0.6) is 40.2 Å². The lowest BCUT2D eigenvalue weighted by atomic mass is 10.1.